The monoisotopic (exact) mass is 269 g/mol. The Balaban J connectivity index is 2.28. The molecule has 0 unspecified atom stereocenters. The van der Waals surface area contributed by atoms with E-state index >= 15 is 0 Å². The van der Waals surface area contributed by atoms with Gasteiger partial charge in [0.2, 0.25) is 0 Å². The Morgan fingerprint density at radius 2 is 1.84 bits per heavy atom. The number of hydrogen-bond donors (Lipinski definition) is 1. The molecule has 0 fully saturated rings. The maximum Gasteiger partial charge on any atom is 0.161 e. The van der Waals surface area contributed by atoms with E-state index < -0.39 is 0 Å². The van der Waals surface area contributed by atoms with Crippen LogP contribution in [-0.2, 0) is 16.0 Å². The summed E-state index contributed by atoms with van der Waals surface area (Å²) in [6.45, 7) is 2.97. The van der Waals surface area contributed by atoms with E-state index in [0.717, 1.165) is 17.7 Å². The highest BCUT2D eigenvalue weighted by molar-refractivity contribution is 5.42. The van der Waals surface area contributed by atoms with Gasteiger partial charge in [0.05, 0.1) is 26.9 Å². The highest BCUT2D eigenvalue weighted by Crippen LogP contribution is 2.27. The first-order chi connectivity index (χ1) is 9.31. The largest absolute Gasteiger partial charge is 0.493 e. The van der Waals surface area contributed by atoms with Crippen molar-refractivity contribution in [3.63, 3.8) is 0 Å². The van der Waals surface area contributed by atoms with Gasteiger partial charge >= 0.3 is 0 Å². The summed E-state index contributed by atoms with van der Waals surface area (Å²) in [5.74, 6) is 1.44. The minimum absolute atomic E-state index is 0.490. The number of ether oxygens (including phenoxy) is 4. The minimum atomic E-state index is 0.490. The molecule has 0 heterocycles. The first-order valence-electron chi connectivity index (χ1n) is 6.38. The Morgan fingerprint density at radius 1 is 1.00 bits per heavy atom. The van der Waals surface area contributed by atoms with Crippen LogP contribution in [0.1, 0.15) is 12.0 Å². The minimum Gasteiger partial charge on any atom is -0.493 e. The third-order valence-corrected chi connectivity index (χ3v) is 2.59. The summed E-state index contributed by atoms with van der Waals surface area (Å²) in [6, 6.07) is 5.71. The van der Waals surface area contributed by atoms with Gasteiger partial charge in [-0.05, 0) is 17.7 Å². The molecule has 0 spiro atoms. The second-order valence-electron chi connectivity index (χ2n) is 4.00. The Kier molecular flexibility index (Phi) is 7.97. The van der Waals surface area contributed by atoms with Crippen LogP contribution in [0.4, 0.5) is 0 Å². The lowest BCUT2D eigenvalue weighted by atomic mass is 10.2. The number of hydrogen-bond acceptors (Lipinski definition) is 5. The fourth-order valence-corrected chi connectivity index (χ4v) is 1.55. The van der Waals surface area contributed by atoms with Crippen LogP contribution < -0.4 is 15.2 Å². The second kappa shape index (κ2) is 9.61. The molecule has 0 aliphatic heterocycles. The zero-order chi connectivity index (χ0) is 13.9. The zero-order valence-corrected chi connectivity index (χ0v) is 11.7. The van der Waals surface area contributed by atoms with Gasteiger partial charge < -0.3 is 24.7 Å². The van der Waals surface area contributed by atoms with Crippen LogP contribution in [0.5, 0.6) is 11.5 Å². The average molecular weight is 269 g/mol. The summed E-state index contributed by atoms with van der Waals surface area (Å²) >= 11 is 0. The molecule has 0 aliphatic carbocycles. The lowest BCUT2D eigenvalue weighted by Crippen LogP contribution is -2.07. The van der Waals surface area contributed by atoms with Crippen molar-refractivity contribution in [2.75, 3.05) is 40.6 Å². The van der Waals surface area contributed by atoms with Crippen LogP contribution in [-0.4, -0.2) is 40.6 Å². The summed E-state index contributed by atoms with van der Waals surface area (Å²) in [5.41, 5.74) is 6.60. The molecule has 0 radical (unpaired) electrons. The van der Waals surface area contributed by atoms with Crippen LogP contribution in [0.15, 0.2) is 18.2 Å². The lowest BCUT2D eigenvalue weighted by Gasteiger charge is -2.11. The van der Waals surface area contributed by atoms with Gasteiger partial charge in [0.1, 0.15) is 0 Å². The summed E-state index contributed by atoms with van der Waals surface area (Å²) in [5, 5.41) is 0. The molecule has 0 bridgehead atoms. The van der Waals surface area contributed by atoms with Crippen LogP contribution >= 0.6 is 0 Å². The van der Waals surface area contributed by atoms with Crippen molar-refractivity contribution in [1.82, 2.24) is 0 Å². The standard InChI is InChI=1S/C14H23NO4/c1-16-8-9-18-6-3-7-19-13-5-4-12(11-15)10-14(13)17-2/h4-5,10H,3,6-9,11,15H2,1-2H3. The molecule has 1 rings (SSSR count). The van der Waals surface area contributed by atoms with Gasteiger partial charge in [-0.25, -0.2) is 0 Å². The van der Waals surface area contributed by atoms with Crippen molar-refractivity contribution in [3.8, 4) is 11.5 Å². The van der Waals surface area contributed by atoms with E-state index in [9.17, 15) is 0 Å². The van der Waals surface area contributed by atoms with E-state index in [2.05, 4.69) is 0 Å². The van der Waals surface area contributed by atoms with E-state index in [1.807, 2.05) is 18.2 Å². The number of rotatable bonds is 10. The van der Waals surface area contributed by atoms with E-state index in [4.69, 9.17) is 24.7 Å². The Morgan fingerprint density at radius 3 is 2.53 bits per heavy atom. The van der Waals surface area contributed by atoms with Crippen molar-refractivity contribution in [1.29, 1.82) is 0 Å². The fraction of sp³-hybridized carbons (Fsp3) is 0.571. The molecule has 0 saturated carbocycles. The van der Waals surface area contributed by atoms with E-state index in [0.29, 0.717) is 38.7 Å². The van der Waals surface area contributed by atoms with Crippen molar-refractivity contribution in [3.05, 3.63) is 23.8 Å². The molecule has 108 valence electrons. The van der Waals surface area contributed by atoms with Gasteiger partial charge in [-0.1, -0.05) is 6.07 Å². The van der Waals surface area contributed by atoms with Crippen LogP contribution in [0.2, 0.25) is 0 Å². The highest BCUT2D eigenvalue weighted by Gasteiger charge is 2.04. The Bertz CT molecular complexity index is 357. The third-order valence-electron chi connectivity index (χ3n) is 2.59. The van der Waals surface area contributed by atoms with Gasteiger partial charge in [0.15, 0.2) is 11.5 Å². The van der Waals surface area contributed by atoms with Crippen molar-refractivity contribution < 1.29 is 18.9 Å². The molecule has 0 aliphatic rings. The molecule has 0 saturated heterocycles. The van der Waals surface area contributed by atoms with Crippen LogP contribution in [0.25, 0.3) is 0 Å². The molecule has 0 atom stereocenters. The quantitative estimate of drug-likeness (QED) is 0.653. The van der Waals surface area contributed by atoms with Crippen LogP contribution in [0, 0.1) is 0 Å². The molecule has 5 nitrogen and oxygen atoms in total. The SMILES string of the molecule is COCCOCCCOc1ccc(CN)cc1OC. The highest BCUT2D eigenvalue weighted by atomic mass is 16.5. The predicted molar refractivity (Wildman–Crippen MR) is 73.7 cm³/mol. The first-order valence-corrected chi connectivity index (χ1v) is 6.38. The molecular formula is C14H23NO4. The van der Waals surface area contributed by atoms with Crippen molar-refractivity contribution in [2.24, 2.45) is 5.73 Å². The number of methoxy groups -OCH3 is 2. The smallest absolute Gasteiger partial charge is 0.161 e. The van der Waals surface area contributed by atoms with Gasteiger partial charge in [-0.2, -0.15) is 0 Å². The summed E-state index contributed by atoms with van der Waals surface area (Å²) in [4.78, 5) is 0. The predicted octanol–water partition coefficient (Wildman–Crippen LogP) is 1.59. The van der Waals surface area contributed by atoms with Gasteiger partial charge in [0, 0.05) is 26.7 Å². The van der Waals surface area contributed by atoms with E-state index in [1.165, 1.54) is 0 Å². The number of nitrogens with two attached hydrogens (primary N) is 1. The zero-order valence-electron chi connectivity index (χ0n) is 11.7. The van der Waals surface area contributed by atoms with Crippen molar-refractivity contribution in [2.45, 2.75) is 13.0 Å². The molecule has 2 N–H and O–H groups in total. The molecule has 5 heteroatoms. The molecule has 0 aromatic heterocycles. The van der Waals surface area contributed by atoms with E-state index in [1.54, 1.807) is 14.2 Å². The van der Waals surface area contributed by atoms with Crippen LogP contribution in [0.3, 0.4) is 0 Å². The topological polar surface area (TPSA) is 62.9 Å². The first kappa shape index (κ1) is 15.8. The van der Waals surface area contributed by atoms with Gasteiger partial charge in [0.25, 0.3) is 0 Å². The summed E-state index contributed by atoms with van der Waals surface area (Å²) < 4.78 is 21.2. The fourth-order valence-electron chi connectivity index (χ4n) is 1.55. The molecule has 19 heavy (non-hydrogen) atoms. The van der Waals surface area contributed by atoms with Crippen molar-refractivity contribution >= 4 is 0 Å². The normalized spacial score (nSPS) is 10.5. The lowest BCUT2D eigenvalue weighted by molar-refractivity contribution is 0.0643. The molecule has 1 aromatic carbocycles. The van der Waals surface area contributed by atoms with Gasteiger partial charge in [-0.15, -0.1) is 0 Å². The van der Waals surface area contributed by atoms with Gasteiger partial charge in [-0.3, -0.25) is 0 Å². The molecule has 0 amide bonds. The Labute approximate surface area is 114 Å². The average Bonchev–Trinajstić information content (AvgIpc) is 2.46. The maximum atomic E-state index is 5.66. The maximum absolute atomic E-state index is 5.66. The summed E-state index contributed by atoms with van der Waals surface area (Å²) in [7, 11) is 3.28. The molecular weight excluding hydrogens is 246 g/mol. The number of benzene rings is 1. The summed E-state index contributed by atoms with van der Waals surface area (Å²) in [6.07, 6.45) is 0.825. The second-order valence-corrected chi connectivity index (χ2v) is 4.00. The molecule has 1 aromatic rings. The third kappa shape index (κ3) is 5.92. The Hall–Kier alpha value is -1.30. The van der Waals surface area contributed by atoms with E-state index in [-0.39, 0.29) is 0 Å².